The highest BCUT2D eigenvalue weighted by Crippen LogP contribution is 2.15. The predicted molar refractivity (Wildman–Crippen MR) is 50.2 cm³/mol. The lowest BCUT2D eigenvalue weighted by Gasteiger charge is -2.10. The number of unbranched alkanes of at least 4 members (excludes halogenated alkanes) is 2. The number of hydrogen-bond acceptors (Lipinski definition) is 1. The van der Waals surface area contributed by atoms with E-state index in [0.717, 1.165) is 38.5 Å². The molecular weight excluding hydrogens is 152 g/mol. The molecule has 12 heavy (non-hydrogen) atoms. The van der Waals surface area contributed by atoms with Crippen LogP contribution in [0.25, 0.3) is 0 Å². The van der Waals surface area contributed by atoms with Crippen LogP contribution < -0.4 is 0 Å². The molecule has 0 aliphatic carbocycles. The highest BCUT2D eigenvalue weighted by molar-refractivity contribution is 5.69. The van der Waals surface area contributed by atoms with Crippen molar-refractivity contribution in [3.8, 4) is 0 Å². The summed E-state index contributed by atoms with van der Waals surface area (Å²) in [4.78, 5) is 10.7. The Morgan fingerprint density at radius 3 is 1.83 bits per heavy atom. The Morgan fingerprint density at radius 1 is 1.17 bits per heavy atom. The second-order valence-corrected chi connectivity index (χ2v) is 3.32. The maximum absolute atomic E-state index is 10.7. The smallest absolute Gasteiger partial charge is 0.306 e. The van der Waals surface area contributed by atoms with Crippen LogP contribution >= 0.6 is 0 Å². The molecule has 0 amide bonds. The summed E-state index contributed by atoms with van der Waals surface area (Å²) >= 11 is 0. The summed E-state index contributed by atoms with van der Waals surface area (Å²) in [5, 5.41) is 8.83. The monoisotopic (exact) mass is 172 g/mol. The summed E-state index contributed by atoms with van der Waals surface area (Å²) in [5.41, 5.74) is 0. The fraction of sp³-hybridized carbons (Fsp3) is 0.900. The number of hydrogen-bond donors (Lipinski definition) is 1. The molecule has 0 heterocycles. The van der Waals surface area contributed by atoms with Crippen LogP contribution in [0, 0.1) is 5.92 Å². The first-order valence-corrected chi connectivity index (χ1v) is 4.95. The van der Waals surface area contributed by atoms with E-state index in [0.29, 0.717) is 0 Å². The van der Waals surface area contributed by atoms with E-state index in [1.165, 1.54) is 0 Å². The third kappa shape index (κ3) is 5.16. The van der Waals surface area contributed by atoms with E-state index < -0.39 is 5.97 Å². The molecule has 0 aromatic heterocycles. The lowest BCUT2D eigenvalue weighted by atomic mass is 9.96. The second kappa shape index (κ2) is 7.14. The van der Waals surface area contributed by atoms with E-state index in [2.05, 4.69) is 13.8 Å². The number of carbonyl (C=O) groups is 1. The Kier molecular flexibility index (Phi) is 6.82. The van der Waals surface area contributed by atoms with Gasteiger partial charge in [0, 0.05) is 0 Å². The normalized spacial score (nSPS) is 10.6. The lowest BCUT2D eigenvalue weighted by molar-refractivity contribution is -0.142. The van der Waals surface area contributed by atoms with Crippen LogP contribution in [0.15, 0.2) is 0 Å². The Morgan fingerprint density at radius 2 is 1.58 bits per heavy atom. The molecule has 0 aromatic carbocycles. The van der Waals surface area contributed by atoms with Gasteiger partial charge in [-0.1, -0.05) is 39.5 Å². The lowest BCUT2D eigenvalue weighted by Crippen LogP contribution is -2.13. The van der Waals surface area contributed by atoms with Crippen molar-refractivity contribution in [2.75, 3.05) is 0 Å². The quantitative estimate of drug-likeness (QED) is 0.640. The Labute approximate surface area is 75.0 Å². The maximum atomic E-state index is 10.7. The van der Waals surface area contributed by atoms with Gasteiger partial charge < -0.3 is 5.11 Å². The fourth-order valence-electron chi connectivity index (χ4n) is 1.29. The molecule has 0 spiro atoms. The first-order valence-electron chi connectivity index (χ1n) is 4.95. The largest absolute Gasteiger partial charge is 0.481 e. The van der Waals surface area contributed by atoms with Gasteiger partial charge in [0.05, 0.1) is 5.92 Å². The van der Waals surface area contributed by atoms with Crippen LogP contribution in [0.5, 0.6) is 0 Å². The molecule has 0 saturated carbocycles. The van der Waals surface area contributed by atoms with Crippen LogP contribution in [0.4, 0.5) is 0 Å². The Hall–Kier alpha value is -0.530. The van der Waals surface area contributed by atoms with Crippen LogP contribution in [-0.4, -0.2) is 11.1 Å². The molecule has 0 unspecified atom stereocenters. The average Bonchev–Trinajstić information content (AvgIpc) is 2.04. The molecule has 0 atom stereocenters. The molecule has 1 N–H and O–H groups in total. The standard InChI is InChI=1S/C10H20O2/c1-3-5-7-9(10(11)12)8-6-4-2/h9H,3-8H2,1-2H3,(H,11,12). The molecular formula is C10H20O2. The van der Waals surface area contributed by atoms with Gasteiger partial charge in [0.1, 0.15) is 0 Å². The molecule has 0 aliphatic rings. The van der Waals surface area contributed by atoms with Gasteiger partial charge in [-0.15, -0.1) is 0 Å². The van der Waals surface area contributed by atoms with Crippen LogP contribution in [0.2, 0.25) is 0 Å². The molecule has 0 aliphatic heterocycles. The van der Waals surface area contributed by atoms with E-state index in [9.17, 15) is 4.79 Å². The van der Waals surface area contributed by atoms with Crippen molar-refractivity contribution < 1.29 is 9.90 Å². The minimum Gasteiger partial charge on any atom is -0.481 e. The van der Waals surface area contributed by atoms with Crippen molar-refractivity contribution in [2.45, 2.75) is 52.4 Å². The van der Waals surface area contributed by atoms with Crippen LogP contribution in [-0.2, 0) is 4.79 Å². The zero-order valence-corrected chi connectivity index (χ0v) is 8.18. The fourth-order valence-corrected chi connectivity index (χ4v) is 1.29. The van der Waals surface area contributed by atoms with Crippen molar-refractivity contribution in [3.63, 3.8) is 0 Å². The first-order chi connectivity index (χ1) is 5.72. The maximum Gasteiger partial charge on any atom is 0.306 e. The van der Waals surface area contributed by atoms with E-state index in [4.69, 9.17) is 5.11 Å². The average molecular weight is 172 g/mol. The summed E-state index contributed by atoms with van der Waals surface area (Å²) in [5.74, 6) is -0.707. The third-order valence-electron chi connectivity index (χ3n) is 2.16. The molecule has 72 valence electrons. The zero-order valence-electron chi connectivity index (χ0n) is 8.18. The van der Waals surface area contributed by atoms with Gasteiger partial charge >= 0.3 is 5.97 Å². The Bertz CT molecular complexity index is 113. The van der Waals surface area contributed by atoms with E-state index in [-0.39, 0.29) is 5.92 Å². The summed E-state index contributed by atoms with van der Waals surface area (Å²) in [6.07, 6.45) is 5.98. The zero-order chi connectivity index (χ0) is 9.40. The molecule has 0 aromatic rings. The van der Waals surface area contributed by atoms with Crippen molar-refractivity contribution >= 4 is 5.97 Å². The van der Waals surface area contributed by atoms with Gasteiger partial charge in [0.15, 0.2) is 0 Å². The molecule has 2 nitrogen and oxygen atoms in total. The molecule has 0 saturated heterocycles. The van der Waals surface area contributed by atoms with Crippen molar-refractivity contribution in [3.05, 3.63) is 0 Å². The molecule has 0 bridgehead atoms. The molecule has 2 heteroatoms. The van der Waals surface area contributed by atoms with Crippen LogP contribution in [0.3, 0.4) is 0 Å². The second-order valence-electron chi connectivity index (χ2n) is 3.32. The summed E-state index contributed by atoms with van der Waals surface area (Å²) < 4.78 is 0. The molecule has 0 radical (unpaired) electrons. The van der Waals surface area contributed by atoms with Crippen LogP contribution in [0.1, 0.15) is 52.4 Å². The molecule has 0 fully saturated rings. The summed E-state index contributed by atoms with van der Waals surface area (Å²) in [7, 11) is 0. The van der Waals surface area contributed by atoms with Gasteiger partial charge in [-0.2, -0.15) is 0 Å². The topological polar surface area (TPSA) is 37.3 Å². The number of aliphatic carboxylic acids is 1. The van der Waals surface area contributed by atoms with Gasteiger partial charge in [-0.3, -0.25) is 4.79 Å². The highest BCUT2D eigenvalue weighted by Gasteiger charge is 2.15. The van der Waals surface area contributed by atoms with Crippen molar-refractivity contribution in [1.82, 2.24) is 0 Å². The number of rotatable bonds is 7. The first kappa shape index (κ1) is 11.5. The highest BCUT2D eigenvalue weighted by atomic mass is 16.4. The van der Waals surface area contributed by atoms with E-state index in [1.807, 2.05) is 0 Å². The van der Waals surface area contributed by atoms with Gasteiger partial charge in [0.25, 0.3) is 0 Å². The minimum absolute atomic E-state index is 0.0927. The summed E-state index contributed by atoms with van der Waals surface area (Å²) in [6, 6.07) is 0. The van der Waals surface area contributed by atoms with E-state index >= 15 is 0 Å². The summed E-state index contributed by atoms with van der Waals surface area (Å²) in [6.45, 7) is 4.19. The third-order valence-corrected chi connectivity index (χ3v) is 2.16. The SMILES string of the molecule is CCCCC(CCCC)C(=O)O. The minimum atomic E-state index is -0.614. The Balaban J connectivity index is 3.62. The van der Waals surface area contributed by atoms with Crippen molar-refractivity contribution in [1.29, 1.82) is 0 Å². The van der Waals surface area contributed by atoms with Gasteiger partial charge in [-0.05, 0) is 12.8 Å². The van der Waals surface area contributed by atoms with Crippen molar-refractivity contribution in [2.24, 2.45) is 5.92 Å². The number of carboxylic acid groups (broad SMARTS) is 1. The molecule has 0 rings (SSSR count). The predicted octanol–water partition coefficient (Wildman–Crippen LogP) is 3.07. The number of carboxylic acids is 1. The van der Waals surface area contributed by atoms with Gasteiger partial charge in [-0.25, -0.2) is 0 Å². The van der Waals surface area contributed by atoms with E-state index in [1.54, 1.807) is 0 Å². The van der Waals surface area contributed by atoms with Gasteiger partial charge in [0.2, 0.25) is 0 Å².